The number of benzene rings is 3. The maximum atomic E-state index is 12.6. The molecule has 0 radical (unpaired) electrons. The average Bonchev–Trinajstić information content (AvgIpc) is 3.29. The zero-order valence-electron chi connectivity index (χ0n) is 16.9. The lowest BCUT2D eigenvalue weighted by Crippen LogP contribution is -2.14. The Bertz CT molecular complexity index is 1200. The van der Waals surface area contributed by atoms with Gasteiger partial charge in [0.15, 0.2) is 11.5 Å². The molecule has 0 bridgehead atoms. The average molecular weight is 446 g/mol. The molecule has 3 aromatic rings. The molecule has 0 atom stereocenters. The number of nitrogens with zero attached hydrogens (tertiary/aromatic N) is 1. The number of rotatable bonds is 7. The summed E-state index contributed by atoms with van der Waals surface area (Å²) in [6.07, 6.45) is 0. The maximum Gasteiger partial charge on any atom is 0.339 e. The molecule has 0 aliphatic carbocycles. The van der Waals surface area contributed by atoms with E-state index in [1.54, 1.807) is 66.7 Å². The van der Waals surface area contributed by atoms with Gasteiger partial charge >= 0.3 is 5.97 Å². The first-order chi connectivity index (χ1) is 15.6. The number of nitriles is 1. The van der Waals surface area contributed by atoms with Crippen LogP contribution >= 0.6 is 11.8 Å². The fourth-order valence-electron chi connectivity index (χ4n) is 3.05. The molecule has 0 unspecified atom stereocenters. The van der Waals surface area contributed by atoms with Gasteiger partial charge in [-0.05, 0) is 30.3 Å². The van der Waals surface area contributed by atoms with Crippen LogP contribution in [0.3, 0.4) is 0 Å². The van der Waals surface area contributed by atoms with Crippen LogP contribution in [-0.4, -0.2) is 24.4 Å². The highest BCUT2D eigenvalue weighted by atomic mass is 32.2. The third-order valence-electron chi connectivity index (χ3n) is 4.62. The number of esters is 1. The first kappa shape index (κ1) is 21.3. The molecule has 0 aromatic heterocycles. The van der Waals surface area contributed by atoms with Gasteiger partial charge in [0, 0.05) is 22.2 Å². The van der Waals surface area contributed by atoms with E-state index < -0.39 is 5.97 Å². The maximum absolute atomic E-state index is 12.6. The highest BCUT2D eigenvalue weighted by Gasteiger charge is 2.17. The van der Waals surface area contributed by atoms with E-state index in [4.69, 9.17) is 14.2 Å². The van der Waals surface area contributed by atoms with Crippen LogP contribution in [0.4, 0.5) is 5.69 Å². The quantitative estimate of drug-likeness (QED) is 0.425. The molecule has 1 amide bonds. The number of hydrogen-bond donors (Lipinski definition) is 1. The monoisotopic (exact) mass is 446 g/mol. The van der Waals surface area contributed by atoms with Gasteiger partial charge in [0.05, 0.1) is 22.9 Å². The zero-order chi connectivity index (χ0) is 22.3. The SMILES string of the molecule is N#Cc1ccccc1COC(=O)c1ccccc1SCC(=O)Nc1ccc2c(c1)OCO2. The van der Waals surface area contributed by atoms with Crippen LogP contribution in [-0.2, 0) is 16.1 Å². The summed E-state index contributed by atoms with van der Waals surface area (Å²) in [5.74, 6) is 0.594. The van der Waals surface area contributed by atoms with Crippen molar-refractivity contribution in [1.29, 1.82) is 5.26 Å². The number of anilines is 1. The van der Waals surface area contributed by atoms with E-state index in [1.807, 2.05) is 0 Å². The minimum Gasteiger partial charge on any atom is -0.457 e. The Morgan fingerprint density at radius 2 is 1.81 bits per heavy atom. The van der Waals surface area contributed by atoms with E-state index >= 15 is 0 Å². The normalized spacial score (nSPS) is 11.5. The molecule has 1 aliphatic rings. The zero-order valence-corrected chi connectivity index (χ0v) is 17.7. The molecule has 4 rings (SSSR count). The Morgan fingerprint density at radius 1 is 1.03 bits per heavy atom. The summed E-state index contributed by atoms with van der Waals surface area (Å²) in [7, 11) is 0. The van der Waals surface area contributed by atoms with E-state index in [9.17, 15) is 14.9 Å². The van der Waals surface area contributed by atoms with Crippen LogP contribution in [0.25, 0.3) is 0 Å². The smallest absolute Gasteiger partial charge is 0.339 e. The van der Waals surface area contributed by atoms with Gasteiger partial charge < -0.3 is 19.5 Å². The summed E-state index contributed by atoms with van der Waals surface area (Å²) in [6, 6.07) is 21.1. The van der Waals surface area contributed by atoms with Crippen LogP contribution in [0.5, 0.6) is 11.5 Å². The predicted molar refractivity (Wildman–Crippen MR) is 119 cm³/mol. The second-order valence-electron chi connectivity index (χ2n) is 6.75. The Balaban J connectivity index is 1.36. The van der Waals surface area contributed by atoms with Gasteiger partial charge in [-0.25, -0.2) is 4.79 Å². The predicted octanol–water partition coefficient (Wildman–Crippen LogP) is 4.37. The fourth-order valence-corrected chi connectivity index (χ4v) is 3.89. The highest BCUT2D eigenvalue weighted by Crippen LogP contribution is 2.34. The fraction of sp³-hybridized carbons (Fsp3) is 0.125. The minimum absolute atomic E-state index is 0.00777. The summed E-state index contributed by atoms with van der Waals surface area (Å²) in [5.41, 5.74) is 2.06. The van der Waals surface area contributed by atoms with Crippen molar-refractivity contribution in [3.63, 3.8) is 0 Å². The van der Waals surface area contributed by atoms with Gasteiger partial charge in [0.1, 0.15) is 6.61 Å². The number of thioether (sulfide) groups is 1. The molecule has 0 saturated heterocycles. The third kappa shape index (κ3) is 5.02. The molecule has 8 heteroatoms. The molecule has 1 N–H and O–H groups in total. The van der Waals surface area contributed by atoms with Gasteiger partial charge in [-0.2, -0.15) is 5.26 Å². The number of fused-ring (bicyclic) bond motifs is 1. The Hall–Kier alpha value is -3.96. The number of carbonyl (C=O) groups is 2. The molecular formula is C24H18N2O5S. The van der Waals surface area contributed by atoms with Crippen LogP contribution in [0.2, 0.25) is 0 Å². The standard InChI is InChI=1S/C24H18N2O5S/c25-12-16-5-1-2-6-17(16)13-29-24(28)19-7-3-4-8-22(19)32-14-23(27)26-18-9-10-20-21(11-18)31-15-30-20/h1-11H,13-15H2,(H,26,27). The van der Waals surface area contributed by atoms with Crippen LogP contribution < -0.4 is 14.8 Å². The largest absolute Gasteiger partial charge is 0.457 e. The second-order valence-corrected chi connectivity index (χ2v) is 7.76. The van der Waals surface area contributed by atoms with Crippen molar-refractivity contribution in [3.05, 3.63) is 83.4 Å². The second kappa shape index (κ2) is 9.90. The Kier molecular flexibility index (Phi) is 6.58. The van der Waals surface area contributed by atoms with Crippen molar-refractivity contribution in [2.24, 2.45) is 0 Å². The van der Waals surface area contributed by atoms with Crippen molar-refractivity contribution >= 4 is 29.3 Å². The number of ether oxygens (including phenoxy) is 3. The highest BCUT2D eigenvalue weighted by molar-refractivity contribution is 8.00. The van der Waals surface area contributed by atoms with Crippen molar-refractivity contribution in [1.82, 2.24) is 0 Å². The van der Waals surface area contributed by atoms with Crippen LogP contribution in [0.15, 0.2) is 71.6 Å². The van der Waals surface area contributed by atoms with Gasteiger partial charge in [-0.15, -0.1) is 11.8 Å². The molecule has 1 heterocycles. The minimum atomic E-state index is -0.517. The van der Waals surface area contributed by atoms with Crippen molar-refractivity contribution in [2.45, 2.75) is 11.5 Å². The first-order valence-corrected chi connectivity index (χ1v) is 10.7. The van der Waals surface area contributed by atoms with E-state index in [-0.39, 0.29) is 25.1 Å². The lowest BCUT2D eigenvalue weighted by molar-refractivity contribution is -0.113. The van der Waals surface area contributed by atoms with Gasteiger partial charge in [0.2, 0.25) is 12.7 Å². The topological polar surface area (TPSA) is 97.7 Å². The summed E-state index contributed by atoms with van der Waals surface area (Å²) < 4.78 is 16.0. The molecule has 0 saturated carbocycles. The Labute approximate surface area is 188 Å². The van der Waals surface area contributed by atoms with Gasteiger partial charge in [-0.3, -0.25) is 4.79 Å². The van der Waals surface area contributed by atoms with Crippen LogP contribution in [0.1, 0.15) is 21.5 Å². The summed E-state index contributed by atoms with van der Waals surface area (Å²) in [6.45, 7) is 0.156. The lowest BCUT2D eigenvalue weighted by Gasteiger charge is -2.10. The summed E-state index contributed by atoms with van der Waals surface area (Å²) in [5, 5.41) is 12.0. The van der Waals surface area contributed by atoms with Crippen molar-refractivity contribution < 1.29 is 23.8 Å². The summed E-state index contributed by atoms with van der Waals surface area (Å²) in [4.78, 5) is 25.7. The molecule has 0 fully saturated rings. The van der Waals surface area contributed by atoms with E-state index in [0.717, 1.165) is 0 Å². The number of nitrogens with one attached hydrogen (secondary N) is 1. The van der Waals surface area contributed by atoms with Crippen molar-refractivity contribution in [2.75, 3.05) is 17.9 Å². The molecule has 7 nitrogen and oxygen atoms in total. The number of hydrogen-bond acceptors (Lipinski definition) is 7. The Morgan fingerprint density at radius 3 is 2.69 bits per heavy atom. The number of carbonyl (C=O) groups excluding carboxylic acids is 2. The van der Waals surface area contributed by atoms with E-state index in [1.165, 1.54) is 11.8 Å². The molecule has 32 heavy (non-hydrogen) atoms. The molecule has 1 aliphatic heterocycles. The van der Waals surface area contributed by atoms with Crippen LogP contribution in [0, 0.1) is 11.3 Å². The summed E-state index contributed by atoms with van der Waals surface area (Å²) >= 11 is 1.24. The molecule has 0 spiro atoms. The van der Waals surface area contributed by atoms with Gasteiger partial charge in [-0.1, -0.05) is 30.3 Å². The van der Waals surface area contributed by atoms with Crippen molar-refractivity contribution in [3.8, 4) is 17.6 Å². The molecule has 160 valence electrons. The lowest BCUT2D eigenvalue weighted by atomic mass is 10.1. The first-order valence-electron chi connectivity index (χ1n) is 9.70. The molecule has 3 aromatic carbocycles. The number of amides is 1. The van der Waals surface area contributed by atoms with Gasteiger partial charge in [0.25, 0.3) is 0 Å². The molecular weight excluding hydrogens is 428 g/mol. The van der Waals surface area contributed by atoms with E-state index in [2.05, 4.69) is 11.4 Å². The third-order valence-corrected chi connectivity index (χ3v) is 5.69. The van der Waals surface area contributed by atoms with E-state index in [0.29, 0.717) is 38.8 Å².